The number of hydrogen-bond donors (Lipinski definition) is 2. The number of anilines is 1. The lowest BCUT2D eigenvalue weighted by molar-refractivity contribution is 0.0965. The van der Waals surface area contributed by atoms with Crippen LogP contribution in [0.15, 0.2) is 60.8 Å². The van der Waals surface area contributed by atoms with E-state index in [1.807, 2.05) is 24.3 Å². The van der Waals surface area contributed by atoms with E-state index < -0.39 is 0 Å². The van der Waals surface area contributed by atoms with Gasteiger partial charge in [0.25, 0.3) is 5.91 Å². The summed E-state index contributed by atoms with van der Waals surface area (Å²) in [5.74, 6) is -0.142. The maximum Gasteiger partial charge on any atom is 0.255 e. The number of benzene rings is 1. The number of carbonyl (C=O) groups excluding carboxylic acids is 1. The minimum atomic E-state index is -0.142. The third-order valence-corrected chi connectivity index (χ3v) is 3.64. The van der Waals surface area contributed by atoms with E-state index in [-0.39, 0.29) is 12.5 Å². The van der Waals surface area contributed by atoms with Crippen molar-refractivity contribution in [3.8, 4) is 0 Å². The second-order valence-electron chi connectivity index (χ2n) is 5.21. The molecule has 3 N–H and O–H groups in total. The van der Waals surface area contributed by atoms with Crippen molar-refractivity contribution >= 4 is 11.6 Å². The first-order valence-corrected chi connectivity index (χ1v) is 7.59. The van der Waals surface area contributed by atoms with Crippen LogP contribution < -0.4 is 16.0 Å². The third-order valence-electron chi connectivity index (χ3n) is 3.64. The number of rotatable bonds is 6. The molecule has 1 aromatic rings. The van der Waals surface area contributed by atoms with Gasteiger partial charge >= 0.3 is 0 Å². The summed E-state index contributed by atoms with van der Waals surface area (Å²) in [6.07, 6.45) is 9.51. The third kappa shape index (κ3) is 4.33. The Kier molecular flexibility index (Phi) is 5.98. The molecule has 1 amide bonds. The van der Waals surface area contributed by atoms with E-state index in [4.69, 9.17) is 5.73 Å². The smallest absolute Gasteiger partial charge is 0.255 e. The maximum atomic E-state index is 12.2. The zero-order valence-electron chi connectivity index (χ0n) is 12.8. The molecule has 1 aliphatic heterocycles. The van der Waals surface area contributed by atoms with E-state index in [2.05, 4.69) is 16.8 Å². The summed E-state index contributed by atoms with van der Waals surface area (Å²) in [4.78, 5) is 14.6. The Balaban J connectivity index is 2.01. The van der Waals surface area contributed by atoms with Gasteiger partial charge in [-0.25, -0.2) is 0 Å². The molecule has 0 bridgehead atoms. The molecule has 1 saturated heterocycles. The summed E-state index contributed by atoms with van der Waals surface area (Å²) >= 11 is 0. The van der Waals surface area contributed by atoms with E-state index in [1.165, 1.54) is 18.5 Å². The maximum absolute atomic E-state index is 12.2. The van der Waals surface area contributed by atoms with E-state index in [0.29, 0.717) is 11.3 Å². The van der Waals surface area contributed by atoms with E-state index >= 15 is 0 Å². The van der Waals surface area contributed by atoms with Gasteiger partial charge < -0.3 is 16.0 Å². The first-order valence-electron chi connectivity index (χ1n) is 7.59. The van der Waals surface area contributed by atoms with Gasteiger partial charge in [0.05, 0.1) is 0 Å². The fraction of sp³-hybridized carbons (Fsp3) is 0.278. The monoisotopic (exact) mass is 297 g/mol. The fourth-order valence-electron chi connectivity index (χ4n) is 2.43. The van der Waals surface area contributed by atoms with Crippen molar-refractivity contribution in [2.75, 3.05) is 24.5 Å². The molecular formula is C18H23N3O. The molecule has 1 aromatic carbocycles. The van der Waals surface area contributed by atoms with Crippen LogP contribution >= 0.6 is 0 Å². The van der Waals surface area contributed by atoms with Crippen LogP contribution in [0.25, 0.3) is 0 Å². The Morgan fingerprint density at radius 3 is 2.50 bits per heavy atom. The molecule has 2 rings (SSSR count). The normalized spacial score (nSPS) is 15.3. The minimum Gasteiger partial charge on any atom is -0.372 e. The van der Waals surface area contributed by atoms with E-state index in [0.717, 1.165) is 13.1 Å². The lowest BCUT2D eigenvalue weighted by Crippen LogP contribution is -2.27. The number of nitrogens with two attached hydrogens (primary N) is 1. The number of nitrogens with zero attached hydrogens (tertiary/aromatic N) is 1. The molecule has 0 spiro atoms. The predicted molar refractivity (Wildman–Crippen MR) is 91.8 cm³/mol. The molecule has 0 unspecified atom stereocenters. The summed E-state index contributed by atoms with van der Waals surface area (Å²) < 4.78 is 0. The largest absolute Gasteiger partial charge is 0.372 e. The summed E-state index contributed by atoms with van der Waals surface area (Å²) in [5.41, 5.74) is 8.12. The summed E-state index contributed by atoms with van der Waals surface area (Å²) in [7, 11) is 0. The van der Waals surface area contributed by atoms with Gasteiger partial charge in [0.15, 0.2) is 0 Å². The molecule has 22 heavy (non-hydrogen) atoms. The zero-order valence-corrected chi connectivity index (χ0v) is 12.8. The summed E-state index contributed by atoms with van der Waals surface area (Å²) in [6.45, 7) is 6.07. The van der Waals surface area contributed by atoms with Gasteiger partial charge in [-0.05, 0) is 43.2 Å². The Morgan fingerprint density at radius 2 is 1.91 bits per heavy atom. The SMILES string of the molecule is C=C/C=C\C=C(/CN)NC(=O)c1ccc(N2CCCC2)cc1. The van der Waals surface area contributed by atoms with Gasteiger partial charge in [-0.2, -0.15) is 0 Å². The lowest BCUT2D eigenvalue weighted by atomic mass is 10.2. The number of amides is 1. The molecule has 0 atom stereocenters. The van der Waals surface area contributed by atoms with E-state index in [1.54, 1.807) is 24.3 Å². The second kappa shape index (κ2) is 8.20. The molecule has 4 nitrogen and oxygen atoms in total. The molecule has 1 fully saturated rings. The number of carbonyl (C=O) groups is 1. The Labute approximate surface area is 132 Å². The molecule has 0 aliphatic carbocycles. The van der Waals surface area contributed by atoms with Gasteiger partial charge in [0.2, 0.25) is 0 Å². The highest BCUT2D eigenvalue weighted by molar-refractivity contribution is 5.95. The predicted octanol–water partition coefficient (Wildman–Crippen LogP) is 2.60. The standard InChI is InChI=1S/C18H23N3O/c1-2-3-4-7-16(14-19)20-18(22)15-8-10-17(11-9-15)21-12-5-6-13-21/h2-4,7-11H,1,5-6,12-14,19H2,(H,20,22)/b4-3-,16-7+. The highest BCUT2D eigenvalue weighted by Gasteiger charge is 2.13. The van der Waals surface area contributed by atoms with E-state index in [9.17, 15) is 4.79 Å². The van der Waals surface area contributed by atoms with Crippen LogP contribution in [-0.4, -0.2) is 25.5 Å². The van der Waals surface area contributed by atoms with Crippen molar-refractivity contribution in [3.63, 3.8) is 0 Å². The highest BCUT2D eigenvalue weighted by Crippen LogP contribution is 2.20. The van der Waals surface area contributed by atoms with Crippen LogP contribution in [0.2, 0.25) is 0 Å². The van der Waals surface area contributed by atoms with Crippen LogP contribution in [0.1, 0.15) is 23.2 Å². The first kappa shape index (κ1) is 16.0. The fourth-order valence-corrected chi connectivity index (χ4v) is 2.43. The van der Waals surface area contributed by atoms with Crippen LogP contribution in [0.3, 0.4) is 0 Å². The van der Waals surface area contributed by atoms with Crippen molar-refractivity contribution in [1.29, 1.82) is 0 Å². The van der Waals surface area contributed by atoms with Crippen LogP contribution in [0.5, 0.6) is 0 Å². The molecule has 0 saturated carbocycles. The number of hydrogen-bond acceptors (Lipinski definition) is 3. The molecule has 116 valence electrons. The highest BCUT2D eigenvalue weighted by atomic mass is 16.1. The quantitative estimate of drug-likeness (QED) is 0.794. The van der Waals surface area contributed by atoms with Crippen molar-refractivity contribution < 1.29 is 4.79 Å². The molecule has 1 aliphatic rings. The Bertz CT molecular complexity index is 566. The Hall–Kier alpha value is -2.33. The van der Waals surface area contributed by atoms with Gasteiger partial charge in [-0.1, -0.05) is 24.8 Å². The topological polar surface area (TPSA) is 58.4 Å². The molecular weight excluding hydrogens is 274 g/mol. The molecule has 4 heteroatoms. The van der Waals surface area contributed by atoms with Gasteiger partial charge in [-0.3, -0.25) is 4.79 Å². The second-order valence-corrected chi connectivity index (χ2v) is 5.21. The number of nitrogens with one attached hydrogen (secondary N) is 1. The van der Waals surface area contributed by atoms with Crippen molar-refractivity contribution in [3.05, 3.63) is 66.4 Å². The van der Waals surface area contributed by atoms with Crippen molar-refractivity contribution in [2.24, 2.45) is 5.73 Å². The lowest BCUT2D eigenvalue weighted by Gasteiger charge is -2.17. The minimum absolute atomic E-state index is 0.142. The summed E-state index contributed by atoms with van der Waals surface area (Å²) in [6, 6.07) is 7.72. The zero-order chi connectivity index (χ0) is 15.8. The van der Waals surface area contributed by atoms with Gasteiger partial charge in [0.1, 0.15) is 0 Å². The summed E-state index contributed by atoms with van der Waals surface area (Å²) in [5, 5.41) is 2.83. The van der Waals surface area contributed by atoms with Crippen LogP contribution in [0.4, 0.5) is 5.69 Å². The van der Waals surface area contributed by atoms with Crippen molar-refractivity contribution in [1.82, 2.24) is 5.32 Å². The average molecular weight is 297 g/mol. The molecule has 0 radical (unpaired) electrons. The van der Waals surface area contributed by atoms with Crippen LogP contribution in [-0.2, 0) is 0 Å². The molecule has 0 aromatic heterocycles. The number of allylic oxidation sites excluding steroid dienone is 4. The van der Waals surface area contributed by atoms with Crippen LogP contribution in [0, 0.1) is 0 Å². The molecule has 1 heterocycles. The Morgan fingerprint density at radius 1 is 1.23 bits per heavy atom. The average Bonchev–Trinajstić information content (AvgIpc) is 3.08. The van der Waals surface area contributed by atoms with Crippen molar-refractivity contribution in [2.45, 2.75) is 12.8 Å². The van der Waals surface area contributed by atoms with Gasteiger partial charge in [-0.15, -0.1) is 0 Å². The van der Waals surface area contributed by atoms with Gasteiger partial charge in [0, 0.05) is 36.6 Å². The first-order chi connectivity index (χ1) is 10.7.